The van der Waals surface area contributed by atoms with E-state index >= 15 is 0 Å². The van der Waals surface area contributed by atoms with Crippen LogP contribution in [0.2, 0.25) is 0 Å². The second kappa shape index (κ2) is 13.7. The van der Waals surface area contributed by atoms with E-state index in [0.29, 0.717) is 6.04 Å². The molecule has 9 aromatic rings. The monoisotopic (exact) mass is 738 g/mol. The van der Waals surface area contributed by atoms with Gasteiger partial charge >= 0.3 is 0 Å². The summed E-state index contributed by atoms with van der Waals surface area (Å²) in [5.74, 6) is 0. The fourth-order valence-corrected chi connectivity index (χ4v) is 9.19. The molecule has 2 aliphatic rings. The topological polar surface area (TPSA) is 43.6 Å². The number of rotatable bonds is 4. The Morgan fingerprint density at radius 2 is 1.40 bits per heavy atom. The molecular weight excluding hydrogens is 695 g/mol. The van der Waals surface area contributed by atoms with Gasteiger partial charge in [0.05, 0.1) is 23.6 Å². The molecular formula is C53H44N3O+. The molecule has 0 fully saturated rings. The molecule has 5 heterocycles. The predicted molar refractivity (Wildman–Crippen MR) is 241 cm³/mol. The molecule has 0 spiro atoms. The summed E-state index contributed by atoms with van der Waals surface area (Å²) in [6.45, 7) is 4.45. The predicted octanol–water partition coefficient (Wildman–Crippen LogP) is 13.4. The molecule has 4 heteroatoms. The van der Waals surface area contributed by atoms with Crippen molar-refractivity contribution < 1.29 is 4.42 Å². The van der Waals surface area contributed by atoms with Crippen LogP contribution < -0.4 is 10.2 Å². The molecule has 0 amide bonds. The van der Waals surface area contributed by atoms with E-state index in [-0.39, 0.29) is 0 Å². The lowest BCUT2D eigenvalue weighted by Gasteiger charge is -2.49. The maximum absolute atomic E-state index is 6.25. The molecule has 3 aromatic heterocycles. The number of likely N-dealkylation sites (N-methyl/N-ethyl adjacent to an activating group) is 1. The Morgan fingerprint density at radius 1 is 0.684 bits per heavy atom. The van der Waals surface area contributed by atoms with Crippen LogP contribution in [0, 0.1) is 6.92 Å². The third-order valence-corrected chi connectivity index (χ3v) is 12.0. The van der Waals surface area contributed by atoms with Gasteiger partial charge in [-0.1, -0.05) is 115 Å². The van der Waals surface area contributed by atoms with Crippen LogP contribution >= 0.6 is 0 Å². The quantitative estimate of drug-likeness (QED) is 0.183. The number of aromatic nitrogens is 1. The van der Waals surface area contributed by atoms with Crippen molar-refractivity contribution in [3.8, 4) is 11.1 Å². The van der Waals surface area contributed by atoms with E-state index in [9.17, 15) is 0 Å². The fourth-order valence-electron chi connectivity index (χ4n) is 9.19. The second-order valence-electron chi connectivity index (χ2n) is 15.6. The van der Waals surface area contributed by atoms with E-state index in [1.54, 1.807) is 0 Å². The highest BCUT2D eigenvalue weighted by Crippen LogP contribution is 2.55. The molecule has 57 heavy (non-hydrogen) atoms. The lowest BCUT2D eigenvalue weighted by atomic mass is 9.82. The number of fused-ring (bicyclic) bond motifs is 10. The van der Waals surface area contributed by atoms with Crippen molar-refractivity contribution in [2.45, 2.75) is 26.3 Å². The number of aryl methyl sites for hydroxylation is 1. The van der Waals surface area contributed by atoms with Gasteiger partial charge in [0.2, 0.25) is 0 Å². The third kappa shape index (κ3) is 5.80. The van der Waals surface area contributed by atoms with E-state index in [0.717, 1.165) is 44.1 Å². The van der Waals surface area contributed by atoms with Gasteiger partial charge in [-0.25, -0.2) is 0 Å². The molecule has 0 saturated carbocycles. The highest BCUT2D eigenvalue weighted by Gasteiger charge is 2.50. The number of nitrogens with two attached hydrogens (primary N) is 1. The Bertz CT molecular complexity index is 3160. The van der Waals surface area contributed by atoms with Crippen molar-refractivity contribution in [3.63, 3.8) is 0 Å². The largest absolute Gasteiger partial charge is 0.456 e. The molecule has 0 radical (unpaired) electrons. The zero-order valence-electron chi connectivity index (χ0n) is 32.5. The zero-order chi connectivity index (χ0) is 38.7. The number of hydrogen-bond donors (Lipinski definition) is 1. The molecule has 11 rings (SSSR count). The standard InChI is InChI=1S/C32H27N2.C21H17NO/c1-21-9-8-18-34(3)30-17-15-25(20-28(30)32(21)34)24-14-16-29-27(19-24)26-13-7-12-23-11-6-4-5-10-22(2)33(29)31(23)26;22-19(13-10-15-6-2-1-3-7-15)16-11-12-18-17-8-4-5-9-20(17)23-21(18)14-16/h4-20,32H,1-3H3;1-9,11-14H,10,22H2/q+1;/b;19-13-. The van der Waals surface area contributed by atoms with Crippen LogP contribution in [0.25, 0.3) is 66.0 Å². The number of hydrogen-bond acceptors (Lipinski definition) is 2. The summed E-state index contributed by atoms with van der Waals surface area (Å²) in [7, 11) is 2.31. The highest BCUT2D eigenvalue weighted by molar-refractivity contribution is 6.14. The summed E-state index contributed by atoms with van der Waals surface area (Å²) in [4.78, 5) is 0. The van der Waals surface area contributed by atoms with Crippen LogP contribution in [0.3, 0.4) is 0 Å². The Labute approximate surface area is 333 Å². The van der Waals surface area contributed by atoms with Gasteiger partial charge in [0, 0.05) is 44.6 Å². The Hall–Kier alpha value is -6.88. The summed E-state index contributed by atoms with van der Waals surface area (Å²) >= 11 is 0. The molecule has 276 valence electrons. The van der Waals surface area contributed by atoms with Gasteiger partial charge in [0.15, 0.2) is 6.04 Å². The fraction of sp³-hybridized carbons (Fsp3) is 0.0943. The average Bonchev–Trinajstić information content (AvgIpc) is 3.80. The van der Waals surface area contributed by atoms with Crippen molar-refractivity contribution >= 4 is 60.5 Å². The Balaban J connectivity index is 0.000000150. The van der Waals surface area contributed by atoms with Crippen molar-refractivity contribution in [2.75, 3.05) is 7.05 Å². The van der Waals surface area contributed by atoms with Crippen LogP contribution in [-0.2, 0) is 6.42 Å². The first-order valence-electron chi connectivity index (χ1n) is 19.7. The molecule has 4 nitrogen and oxygen atoms in total. The maximum atomic E-state index is 6.25. The smallest absolute Gasteiger partial charge is 0.151 e. The summed E-state index contributed by atoms with van der Waals surface area (Å²) in [5.41, 5.74) is 21.7. The lowest BCUT2D eigenvalue weighted by Crippen LogP contribution is -2.52. The SMILES string of the molecule is CC1=CC=C[N+]2(C)c3ccc(-c4ccc5c(c4)c4cccc6cccccc(C)n5c64)cc3C12.N/C(=C\Cc1ccccc1)c1ccc2c(c1)oc1ccccc12. The number of furan rings is 1. The van der Waals surface area contributed by atoms with Crippen molar-refractivity contribution in [2.24, 2.45) is 5.73 Å². The van der Waals surface area contributed by atoms with Crippen molar-refractivity contribution in [3.05, 3.63) is 210 Å². The number of para-hydroxylation sites is 2. The summed E-state index contributed by atoms with van der Waals surface area (Å²) in [5, 5.41) is 6.12. The van der Waals surface area contributed by atoms with Crippen molar-refractivity contribution in [1.82, 2.24) is 8.88 Å². The van der Waals surface area contributed by atoms with Crippen molar-refractivity contribution in [1.29, 1.82) is 0 Å². The van der Waals surface area contributed by atoms with Gasteiger partial charge in [-0.3, -0.25) is 4.48 Å². The Morgan fingerprint density at radius 3 is 2.28 bits per heavy atom. The van der Waals surface area contributed by atoms with Crippen LogP contribution in [-0.4, -0.2) is 11.4 Å². The average molecular weight is 739 g/mol. The molecule has 0 aliphatic carbocycles. The number of quaternary nitrogens is 1. The molecule has 2 N–H and O–H groups in total. The minimum atomic E-state index is 0.436. The maximum Gasteiger partial charge on any atom is 0.151 e. The van der Waals surface area contributed by atoms with E-state index in [4.69, 9.17) is 10.2 Å². The first-order chi connectivity index (χ1) is 27.9. The summed E-state index contributed by atoms with van der Waals surface area (Å²) < 4.78 is 9.22. The molecule has 2 atom stereocenters. The number of allylic oxidation sites excluding steroid dienone is 3. The van der Waals surface area contributed by atoms with E-state index < -0.39 is 0 Å². The van der Waals surface area contributed by atoms with Gasteiger partial charge in [0.25, 0.3) is 0 Å². The van der Waals surface area contributed by atoms with Gasteiger partial charge < -0.3 is 14.6 Å². The molecule has 6 aromatic carbocycles. The van der Waals surface area contributed by atoms with Crippen LogP contribution in [0.15, 0.2) is 192 Å². The van der Waals surface area contributed by atoms with Gasteiger partial charge in [0.1, 0.15) is 23.1 Å². The van der Waals surface area contributed by atoms with Crippen LogP contribution in [0.5, 0.6) is 0 Å². The van der Waals surface area contributed by atoms with E-state index in [2.05, 4.69) is 165 Å². The lowest BCUT2D eigenvalue weighted by molar-refractivity contribution is 0.311. The summed E-state index contributed by atoms with van der Waals surface area (Å²) in [6.07, 6.45) is 9.64. The first-order valence-corrected chi connectivity index (χ1v) is 19.7. The molecule has 2 aliphatic heterocycles. The number of benzene rings is 6. The van der Waals surface area contributed by atoms with Crippen LogP contribution in [0.4, 0.5) is 5.69 Å². The number of nitrogens with zero attached hydrogens (tertiary/aromatic N) is 2. The molecule has 0 saturated heterocycles. The zero-order valence-corrected chi connectivity index (χ0v) is 32.5. The van der Waals surface area contributed by atoms with Gasteiger partial charge in [-0.15, -0.1) is 0 Å². The third-order valence-electron chi connectivity index (χ3n) is 12.0. The van der Waals surface area contributed by atoms with E-state index in [1.165, 1.54) is 66.4 Å². The summed E-state index contributed by atoms with van der Waals surface area (Å²) in [6, 6.07) is 56.4. The van der Waals surface area contributed by atoms with Crippen LogP contribution in [0.1, 0.15) is 35.3 Å². The second-order valence-corrected chi connectivity index (χ2v) is 15.6. The normalized spacial score (nSPS) is 17.2. The van der Waals surface area contributed by atoms with Gasteiger partial charge in [-0.05, 0) is 103 Å². The molecule has 2 unspecified atom stereocenters. The highest BCUT2D eigenvalue weighted by atomic mass is 16.3. The van der Waals surface area contributed by atoms with Gasteiger partial charge in [-0.2, -0.15) is 0 Å². The minimum Gasteiger partial charge on any atom is -0.456 e. The first kappa shape index (κ1) is 34.6. The Kier molecular flexibility index (Phi) is 8.32. The van der Waals surface area contributed by atoms with E-state index in [1.807, 2.05) is 42.5 Å². The molecule has 0 bridgehead atoms. The minimum absolute atomic E-state index is 0.436.